The molecule has 0 aromatic rings. The Bertz CT molecular complexity index is 591. The Morgan fingerprint density at radius 2 is 1.90 bits per heavy atom. The molecular formula is C25H43NO3. The van der Waals surface area contributed by atoms with Gasteiger partial charge in [-0.3, -0.25) is 4.79 Å². The first-order valence-electron chi connectivity index (χ1n) is 12.3. The number of ether oxygens (including phenoxy) is 1. The molecule has 4 nitrogen and oxygen atoms in total. The summed E-state index contributed by atoms with van der Waals surface area (Å²) in [4.78, 5) is 24.3. The van der Waals surface area contributed by atoms with Crippen LogP contribution in [0.15, 0.2) is 5.18 Å². The molecule has 0 heterocycles. The largest absolute Gasteiger partial charge is 0.463 e. The van der Waals surface area contributed by atoms with Gasteiger partial charge in [0.25, 0.3) is 0 Å². The highest BCUT2D eigenvalue weighted by molar-refractivity contribution is 5.77. The Hall–Kier alpha value is -0.930. The summed E-state index contributed by atoms with van der Waals surface area (Å²) in [6.45, 7) is 11.6. The third kappa shape index (κ3) is 4.28. The Balaban J connectivity index is 1.73. The van der Waals surface area contributed by atoms with Crippen LogP contribution in [0.4, 0.5) is 0 Å². The maximum atomic E-state index is 13.3. The lowest BCUT2D eigenvalue weighted by atomic mass is 9.43. The lowest BCUT2D eigenvalue weighted by molar-refractivity contribution is -0.179. The van der Waals surface area contributed by atoms with Crippen LogP contribution in [-0.4, -0.2) is 18.6 Å². The van der Waals surface area contributed by atoms with Crippen molar-refractivity contribution in [1.82, 2.24) is 0 Å². The number of hydrogen-bond donors (Lipinski definition) is 0. The number of carbonyl (C=O) groups is 1. The summed E-state index contributed by atoms with van der Waals surface area (Å²) in [5.74, 6) is 3.59. The fraction of sp³-hybridized carbons (Fsp3) is 0.960. The first kappa shape index (κ1) is 22.7. The van der Waals surface area contributed by atoms with Crippen molar-refractivity contribution in [2.45, 2.75) is 105 Å². The molecule has 7 unspecified atom stereocenters. The van der Waals surface area contributed by atoms with Crippen molar-refractivity contribution in [3.63, 3.8) is 0 Å². The van der Waals surface area contributed by atoms with E-state index in [-0.39, 0.29) is 18.0 Å². The van der Waals surface area contributed by atoms with Crippen molar-refractivity contribution in [3.05, 3.63) is 4.91 Å². The van der Waals surface area contributed by atoms with Gasteiger partial charge >= 0.3 is 5.97 Å². The molecule has 166 valence electrons. The van der Waals surface area contributed by atoms with E-state index in [0.717, 1.165) is 49.4 Å². The Morgan fingerprint density at radius 3 is 2.55 bits per heavy atom. The van der Waals surface area contributed by atoms with Gasteiger partial charge in [-0.2, -0.15) is 4.91 Å². The average Bonchev–Trinajstić information content (AvgIpc) is 2.70. The second-order valence-corrected chi connectivity index (χ2v) is 11.2. The van der Waals surface area contributed by atoms with Crippen molar-refractivity contribution < 1.29 is 9.53 Å². The molecule has 0 aliphatic heterocycles. The number of rotatable bonds is 7. The number of esters is 1. The van der Waals surface area contributed by atoms with E-state index in [2.05, 4.69) is 32.9 Å². The fourth-order valence-corrected chi connectivity index (χ4v) is 7.56. The number of hydrogen-bond acceptors (Lipinski definition) is 4. The van der Waals surface area contributed by atoms with Gasteiger partial charge in [0, 0.05) is 0 Å². The van der Waals surface area contributed by atoms with Crippen molar-refractivity contribution in [2.75, 3.05) is 6.61 Å². The van der Waals surface area contributed by atoms with Crippen molar-refractivity contribution in [3.8, 4) is 0 Å². The normalized spacial score (nSPS) is 40.6. The molecule has 3 rings (SSSR count). The zero-order valence-corrected chi connectivity index (χ0v) is 19.4. The second-order valence-electron chi connectivity index (χ2n) is 11.2. The van der Waals surface area contributed by atoms with E-state index in [1.165, 1.54) is 32.1 Å². The van der Waals surface area contributed by atoms with Crippen LogP contribution in [0.25, 0.3) is 0 Å². The molecule has 0 N–H and O–H groups in total. The van der Waals surface area contributed by atoms with Crippen LogP contribution in [-0.2, 0) is 9.53 Å². The zero-order chi connectivity index (χ0) is 21.2. The number of fused-ring (bicyclic) bond motifs is 3. The highest BCUT2D eigenvalue weighted by Crippen LogP contribution is 2.64. The lowest BCUT2D eigenvalue weighted by Gasteiger charge is -2.61. The minimum absolute atomic E-state index is 0.0764. The van der Waals surface area contributed by atoms with E-state index in [0.29, 0.717) is 12.3 Å². The predicted octanol–water partition coefficient (Wildman–Crippen LogP) is 6.76. The standard InChI is InChI=1S/C25H43NO3/c1-6-8-20(26-28)16-29-23(27)25(5)14-7-13-24(4)21-11-9-18(17(2)3)15-19(21)10-12-22(24)25/h17-22H,6-16H2,1-5H3. The number of nitroso groups, excluding NO2 is 1. The topological polar surface area (TPSA) is 55.7 Å². The maximum Gasteiger partial charge on any atom is 0.312 e. The summed E-state index contributed by atoms with van der Waals surface area (Å²) in [6, 6.07) is -0.399. The molecule has 3 aliphatic rings. The Labute approximate surface area is 177 Å². The van der Waals surface area contributed by atoms with Crippen LogP contribution >= 0.6 is 0 Å². The van der Waals surface area contributed by atoms with Crippen LogP contribution in [0, 0.1) is 45.3 Å². The molecular weight excluding hydrogens is 362 g/mol. The Kier molecular flexibility index (Phi) is 7.10. The van der Waals surface area contributed by atoms with Crippen LogP contribution in [0.5, 0.6) is 0 Å². The summed E-state index contributed by atoms with van der Waals surface area (Å²) in [7, 11) is 0. The molecule has 3 aliphatic carbocycles. The SMILES string of the molecule is CCCC(COC(=O)C1(C)CCCC2(C)C3CCC(C(C)C)CC3CCC12)N=O. The molecule has 4 heteroatoms. The van der Waals surface area contributed by atoms with Gasteiger partial charge in [-0.1, -0.05) is 45.7 Å². The number of carbonyl (C=O) groups excluding carboxylic acids is 1. The first-order chi connectivity index (χ1) is 13.8. The number of nitrogens with zero attached hydrogens (tertiary/aromatic N) is 1. The molecule has 7 atom stereocenters. The molecule has 0 saturated heterocycles. The van der Waals surface area contributed by atoms with E-state index >= 15 is 0 Å². The van der Waals surface area contributed by atoms with Gasteiger partial charge in [0.05, 0.1) is 5.41 Å². The van der Waals surface area contributed by atoms with Gasteiger partial charge in [0.15, 0.2) is 0 Å². The third-order valence-corrected chi connectivity index (χ3v) is 9.26. The van der Waals surface area contributed by atoms with E-state index in [1.807, 2.05) is 6.92 Å². The molecule has 0 radical (unpaired) electrons. The third-order valence-electron chi connectivity index (χ3n) is 9.26. The lowest BCUT2D eigenvalue weighted by Crippen LogP contribution is -2.56. The Morgan fingerprint density at radius 1 is 1.14 bits per heavy atom. The minimum Gasteiger partial charge on any atom is -0.463 e. The molecule has 3 saturated carbocycles. The summed E-state index contributed by atoms with van der Waals surface area (Å²) >= 11 is 0. The van der Waals surface area contributed by atoms with Crippen molar-refractivity contribution in [2.24, 2.45) is 45.6 Å². The molecule has 0 aromatic heterocycles. The van der Waals surface area contributed by atoms with Crippen LogP contribution in [0.1, 0.15) is 98.8 Å². The van der Waals surface area contributed by atoms with Crippen molar-refractivity contribution >= 4 is 5.97 Å². The van der Waals surface area contributed by atoms with Crippen LogP contribution in [0.2, 0.25) is 0 Å². The molecule has 0 amide bonds. The zero-order valence-electron chi connectivity index (χ0n) is 19.4. The van der Waals surface area contributed by atoms with Gasteiger partial charge in [0.2, 0.25) is 0 Å². The van der Waals surface area contributed by atoms with E-state index in [1.54, 1.807) is 0 Å². The van der Waals surface area contributed by atoms with Gasteiger partial charge in [0.1, 0.15) is 12.6 Å². The van der Waals surface area contributed by atoms with Crippen LogP contribution < -0.4 is 0 Å². The van der Waals surface area contributed by atoms with Gasteiger partial charge in [-0.05, 0) is 93.3 Å². The highest BCUT2D eigenvalue weighted by Gasteiger charge is 2.59. The smallest absolute Gasteiger partial charge is 0.312 e. The predicted molar refractivity (Wildman–Crippen MR) is 117 cm³/mol. The molecule has 0 bridgehead atoms. The monoisotopic (exact) mass is 405 g/mol. The average molecular weight is 406 g/mol. The molecule has 29 heavy (non-hydrogen) atoms. The van der Waals surface area contributed by atoms with Gasteiger partial charge in [-0.25, -0.2) is 0 Å². The van der Waals surface area contributed by atoms with Gasteiger partial charge < -0.3 is 4.74 Å². The highest BCUT2D eigenvalue weighted by atomic mass is 16.5. The maximum absolute atomic E-state index is 13.3. The first-order valence-corrected chi connectivity index (χ1v) is 12.3. The molecule has 0 aromatic carbocycles. The quantitative estimate of drug-likeness (QED) is 0.347. The molecule has 3 fully saturated rings. The second kappa shape index (κ2) is 9.06. The van der Waals surface area contributed by atoms with E-state index in [9.17, 15) is 9.70 Å². The summed E-state index contributed by atoms with van der Waals surface area (Å²) in [6.07, 6.45) is 11.3. The van der Waals surface area contributed by atoms with Crippen molar-refractivity contribution in [1.29, 1.82) is 0 Å². The van der Waals surface area contributed by atoms with E-state index in [4.69, 9.17) is 4.74 Å². The summed E-state index contributed by atoms with van der Waals surface area (Å²) < 4.78 is 5.74. The summed E-state index contributed by atoms with van der Waals surface area (Å²) in [5, 5.41) is 3.16. The summed E-state index contributed by atoms with van der Waals surface area (Å²) in [5.41, 5.74) is -0.158. The van der Waals surface area contributed by atoms with E-state index < -0.39 is 11.5 Å². The van der Waals surface area contributed by atoms with Crippen LogP contribution in [0.3, 0.4) is 0 Å². The fourth-order valence-electron chi connectivity index (χ4n) is 7.56. The molecule has 0 spiro atoms. The van der Waals surface area contributed by atoms with Gasteiger partial charge in [-0.15, -0.1) is 0 Å². The minimum atomic E-state index is -0.410.